The van der Waals surface area contributed by atoms with Crippen molar-refractivity contribution >= 4 is 17.9 Å². The fourth-order valence-corrected chi connectivity index (χ4v) is 3.89. The molecule has 1 aliphatic carbocycles. The van der Waals surface area contributed by atoms with E-state index < -0.39 is 48.2 Å². The number of ether oxygens (including phenoxy) is 4. The summed E-state index contributed by atoms with van der Waals surface area (Å²) in [6.45, 7) is 15.0. The summed E-state index contributed by atoms with van der Waals surface area (Å²) in [7, 11) is 0. The highest BCUT2D eigenvalue weighted by Crippen LogP contribution is 2.38. The van der Waals surface area contributed by atoms with Gasteiger partial charge in [0.1, 0.15) is 6.10 Å². The zero-order valence-corrected chi connectivity index (χ0v) is 19.3. The number of hydrogen-bond acceptors (Lipinski definition) is 7. The molecule has 1 fully saturated rings. The molecule has 7 heteroatoms. The Balaban J connectivity index is 2.54. The summed E-state index contributed by atoms with van der Waals surface area (Å²) in [5, 5.41) is 0. The summed E-state index contributed by atoms with van der Waals surface area (Å²) < 4.78 is 22.9. The lowest BCUT2D eigenvalue weighted by atomic mass is 9.83. The molecule has 1 heterocycles. The molecule has 0 radical (unpaired) electrons. The highest BCUT2D eigenvalue weighted by atomic mass is 16.6. The summed E-state index contributed by atoms with van der Waals surface area (Å²) in [5.74, 6) is -1.63. The average Bonchev–Trinajstić information content (AvgIpc) is 2.95. The van der Waals surface area contributed by atoms with Crippen molar-refractivity contribution < 1.29 is 33.3 Å². The minimum atomic E-state index is -0.842. The van der Waals surface area contributed by atoms with E-state index in [4.69, 9.17) is 18.9 Å². The van der Waals surface area contributed by atoms with E-state index in [1.165, 1.54) is 13.8 Å². The molecule has 172 valence electrons. The van der Waals surface area contributed by atoms with Gasteiger partial charge in [0.05, 0.1) is 12.0 Å². The Morgan fingerprint density at radius 1 is 1.19 bits per heavy atom. The van der Waals surface area contributed by atoms with Gasteiger partial charge in [-0.1, -0.05) is 38.5 Å². The Hall–Kier alpha value is -2.41. The maximum Gasteiger partial charge on any atom is 0.334 e. The molecule has 2 rings (SSSR count). The zero-order chi connectivity index (χ0) is 23.3. The summed E-state index contributed by atoms with van der Waals surface area (Å²) in [6.07, 6.45) is 2.41. The molecule has 2 aliphatic rings. The van der Waals surface area contributed by atoms with Gasteiger partial charge in [-0.3, -0.25) is 9.59 Å². The van der Waals surface area contributed by atoms with Gasteiger partial charge in [0.25, 0.3) is 0 Å². The fraction of sp³-hybridized carbons (Fsp3) is 0.625. The van der Waals surface area contributed by atoms with Gasteiger partial charge in [-0.15, -0.1) is 0 Å². The summed E-state index contributed by atoms with van der Waals surface area (Å²) in [5.41, 5.74) is 1.88. The van der Waals surface area contributed by atoms with E-state index >= 15 is 0 Å². The average molecular weight is 435 g/mol. The third kappa shape index (κ3) is 6.53. The lowest BCUT2D eigenvalue weighted by Gasteiger charge is -2.33. The molecule has 0 spiro atoms. The molecular formula is C24H34O7. The van der Waals surface area contributed by atoms with Crippen molar-refractivity contribution in [2.24, 2.45) is 11.8 Å². The van der Waals surface area contributed by atoms with Crippen LogP contribution in [0.2, 0.25) is 0 Å². The standard InChI is InChI=1S/C24H34O7/c1-8-13(2)12-28-20-10-14(3)9-19(29-17(6)25)11-15(4)22(30-18(7)26)23-21(20)16(5)24(27)31-23/h10-11,13,19-23H,5,8-9,12H2,1-4,6-7H3/b14-10-,15-11-/t13?,19-,20+,21-,22+,23+/m0/s1. The molecule has 0 aromatic heterocycles. The second-order valence-corrected chi connectivity index (χ2v) is 8.54. The largest absolute Gasteiger partial charge is 0.458 e. The number of carbonyl (C=O) groups is 3. The van der Waals surface area contributed by atoms with Crippen LogP contribution in [0.4, 0.5) is 0 Å². The van der Waals surface area contributed by atoms with Crippen LogP contribution in [0, 0.1) is 11.8 Å². The zero-order valence-electron chi connectivity index (χ0n) is 19.3. The number of carbonyl (C=O) groups excluding carboxylic acids is 3. The van der Waals surface area contributed by atoms with Gasteiger partial charge in [0, 0.05) is 32.4 Å². The first kappa shape index (κ1) is 24.9. The summed E-state index contributed by atoms with van der Waals surface area (Å²) >= 11 is 0. The van der Waals surface area contributed by atoms with E-state index in [-0.39, 0.29) is 0 Å². The second kappa shape index (κ2) is 10.8. The predicted molar refractivity (Wildman–Crippen MR) is 115 cm³/mol. The molecule has 31 heavy (non-hydrogen) atoms. The molecule has 0 bridgehead atoms. The molecule has 6 atom stereocenters. The quantitative estimate of drug-likeness (QED) is 0.273. The van der Waals surface area contributed by atoms with Crippen LogP contribution in [-0.2, 0) is 33.3 Å². The number of esters is 3. The summed E-state index contributed by atoms with van der Waals surface area (Å²) in [4.78, 5) is 36.0. The van der Waals surface area contributed by atoms with Crippen molar-refractivity contribution in [1.29, 1.82) is 0 Å². The fourth-order valence-electron chi connectivity index (χ4n) is 3.89. The SMILES string of the molecule is C=C1C(=O)O[C@@H]2[C@@H]1[C@H](OCC(C)CC)/C=C(/C)C[C@H](OC(C)=O)/C=C(/C)[C@H]2OC(C)=O. The molecule has 0 aromatic carbocycles. The molecule has 1 aliphatic heterocycles. The van der Waals surface area contributed by atoms with Gasteiger partial charge in [0.2, 0.25) is 0 Å². The number of hydrogen-bond donors (Lipinski definition) is 0. The van der Waals surface area contributed by atoms with Gasteiger partial charge in [-0.25, -0.2) is 4.79 Å². The van der Waals surface area contributed by atoms with E-state index in [0.717, 1.165) is 12.0 Å². The highest BCUT2D eigenvalue weighted by molar-refractivity contribution is 5.91. The third-order valence-corrected chi connectivity index (χ3v) is 5.66. The van der Waals surface area contributed by atoms with E-state index in [1.807, 2.05) is 13.0 Å². The van der Waals surface area contributed by atoms with Gasteiger partial charge in [0.15, 0.2) is 12.2 Å². The van der Waals surface area contributed by atoms with Gasteiger partial charge < -0.3 is 18.9 Å². The van der Waals surface area contributed by atoms with Crippen molar-refractivity contribution in [2.45, 2.75) is 78.8 Å². The van der Waals surface area contributed by atoms with Crippen LogP contribution in [-0.4, -0.2) is 48.9 Å². The topological polar surface area (TPSA) is 88.1 Å². The Morgan fingerprint density at radius 2 is 1.84 bits per heavy atom. The van der Waals surface area contributed by atoms with Crippen molar-refractivity contribution in [2.75, 3.05) is 6.61 Å². The van der Waals surface area contributed by atoms with Crippen LogP contribution in [0.3, 0.4) is 0 Å². The monoisotopic (exact) mass is 434 g/mol. The molecule has 0 saturated carbocycles. The lowest BCUT2D eigenvalue weighted by Crippen LogP contribution is -2.42. The van der Waals surface area contributed by atoms with Crippen molar-refractivity contribution in [3.8, 4) is 0 Å². The summed E-state index contributed by atoms with van der Waals surface area (Å²) in [6, 6.07) is 0. The van der Waals surface area contributed by atoms with E-state index in [1.54, 1.807) is 13.0 Å². The lowest BCUT2D eigenvalue weighted by molar-refractivity contribution is -0.159. The maximum atomic E-state index is 12.5. The molecule has 0 amide bonds. The molecular weight excluding hydrogens is 400 g/mol. The van der Waals surface area contributed by atoms with E-state index in [2.05, 4.69) is 20.4 Å². The third-order valence-electron chi connectivity index (χ3n) is 5.66. The highest BCUT2D eigenvalue weighted by Gasteiger charge is 2.49. The van der Waals surface area contributed by atoms with Crippen molar-refractivity contribution in [3.05, 3.63) is 35.5 Å². The van der Waals surface area contributed by atoms with Gasteiger partial charge in [-0.2, -0.15) is 0 Å². The van der Waals surface area contributed by atoms with Crippen molar-refractivity contribution in [1.82, 2.24) is 0 Å². The molecule has 0 aromatic rings. The minimum absolute atomic E-state index is 0.297. The van der Waals surface area contributed by atoms with Crippen LogP contribution < -0.4 is 0 Å². The Morgan fingerprint density at radius 3 is 2.42 bits per heavy atom. The van der Waals surface area contributed by atoms with Crippen LogP contribution >= 0.6 is 0 Å². The Kier molecular flexibility index (Phi) is 8.62. The first-order chi connectivity index (χ1) is 14.5. The number of fused-ring (bicyclic) bond motifs is 1. The normalized spacial score (nSPS) is 33.2. The minimum Gasteiger partial charge on any atom is -0.458 e. The van der Waals surface area contributed by atoms with Crippen LogP contribution in [0.5, 0.6) is 0 Å². The van der Waals surface area contributed by atoms with Crippen LogP contribution in [0.25, 0.3) is 0 Å². The van der Waals surface area contributed by atoms with Crippen LogP contribution in [0.15, 0.2) is 35.5 Å². The smallest absolute Gasteiger partial charge is 0.334 e. The Bertz CT molecular complexity index is 779. The van der Waals surface area contributed by atoms with E-state index in [0.29, 0.717) is 30.1 Å². The molecule has 7 nitrogen and oxygen atoms in total. The van der Waals surface area contributed by atoms with Gasteiger partial charge >= 0.3 is 17.9 Å². The molecule has 1 unspecified atom stereocenters. The Labute approximate surface area is 184 Å². The van der Waals surface area contributed by atoms with Gasteiger partial charge in [-0.05, 0) is 31.4 Å². The van der Waals surface area contributed by atoms with E-state index in [9.17, 15) is 14.4 Å². The molecule has 1 saturated heterocycles. The molecule has 0 N–H and O–H groups in total. The van der Waals surface area contributed by atoms with Crippen LogP contribution in [0.1, 0.15) is 54.4 Å². The van der Waals surface area contributed by atoms with Crippen molar-refractivity contribution in [3.63, 3.8) is 0 Å². The number of rotatable bonds is 6. The predicted octanol–water partition coefficient (Wildman–Crippen LogP) is 3.68. The maximum absolute atomic E-state index is 12.5. The first-order valence-corrected chi connectivity index (χ1v) is 10.7. The second-order valence-electron chi connectivity index (χ2n) is 8.54. The first-order valence-electron chi connectivity index (χ1n) is 10.7.